The second kappa shape index (κ2) is 6.24. The zero-order chi connectivity index (χ0) is 13.9. The van der Waals surface area contributed by atoms with E-state index in [9.17, 15) is 4.79 Å². The zero-order valence-corrected chi connectivity index (χ0v) is 13.1. The number of carbonyl (C=O) groups is 1. The maximum Gasteiger partial charge on any atom is 0.286 e. The number of amides is 1. The van der Waals surface area contributed by atoms with E-state index in [1.165, 1.54) is 11.8 Å². The first-order valence-corrected chi connectivity index (χ1v) is 8.68. The molecule has 3 rings (SSSR count). The molecule has 0 spiro atoms. The van der Waals surface area contributed by atoms with Gasteiger partial charge in [-0.15, -0.1) is 0 Å². The summed E-state index contributed by atoms with van der Waals surface area (Å²) < 4.78 is 0. The largest absolute Gasteiger partial charge is 0.349 e. The SMILES string of the molecule is O=C1N=C(N2CCSCC2)SC1=Cc1ccc(Cl)cc1. The lowest BCUT2D eigenvalue weighted by Gasteiger charge is -2.26. The number of carbonyl (C=O) groups excluding carboxylic acids is 1. The number of benzene rings is 1. The summed E-state index contributed by atoms with van der Waals surface area (Å²) in [5.41, 5.74) is 0.968. The molecule has 1 fully saturated rings. The molecule has 1 aromatic carbocycles. The first-order valence-electron chi connectivity index (χ1n) is 6.33. The number of aliphatic imine (C=N–C) groups is 1. The molecule has 0 atom stereocenters. The summed E-state index contributed by atoms with van der Waals surface area (Å²) >= 11 is 9.27. The average Bonchev–Trinajstić information content (AvgIpc) is 2.84. The molecule has 2 heterocycles. The summed E-state index contributed by atoms with van der Waals surface area (Å²) in [4.78, 5) is 19.0. The fourth-order valence-electron chi connectivity index (χ4n) is 2.00. The van der Waals surface area contributed by atoms with Gasteiger partial charge >= 0.3 is 0 Å². The van der Waals surface area contributed by atoms with E-state index < -0.39 is 0 Å². The standard InChI is InChI=1S/C14H13ClN2OS2/c15-11-3-1-10(2-4-11)9-12-13(18)16-14(20-12)17-5-7-19-8-6-17/h1-4,9H,5-8H2. The number of nitrogens with zero attached hydrogens (tertiary/aromatic N) is 2. The predicted molar refractivity (Wildman–Crippen MR) is 88.4 cm³/mol. The number of thioether (sulfide) groups is 2. The molecule has 20 heavy (non-hydrogen) atoms. The summed E-state index contributed by atoms with van der Waals surface area (Å²) in [5, 5.41) is 1.54. The highest BCUT2D eigenvalue weighted by Gasteiger charge is 2.26. The van der Waals surface area contributed by atoms with Crippen molar-refractivity contribution in [2.75, 3.05) is 24.6 Å². The highest BCUT2D eigenvalue weighted by Crippen LogP contribution is 2.31. The van der Waals surface area contributed by atoms with Crippen LogP contribution in [0.5, 0.6) is 0 Å². The molecule has 1 aromatic rings. The van der Waals surface area contributed by atoms with Gasteiger partial charge in [-0.1, -0.05) is 23.7 Å². The maximum atomic E-state index is 12.0. The van der Waals surface area contributed by atoms with Gasteiger partial charge in [-0.25, -0.2) is 0 Å². The van der Waals surface area contributed by atoms with Gasteiger partial charge in [0.15, 0.2) is 5.17 Å². The van der Waals surface area contributed by atoms with Crippen LogP contribution in [-0.2, 0) is 4.79 Å². The molecule has 0 radical (unpaired) electrons. The summed E-state index contributed by atoms with van der Waals surface area (Å²) in [7, 11) is 0. The van der Waals surface area contributed by atoms with Gasteiger partial charge in [-0.2, -0.15) is 16.8 Å². The van der Waals surface area contributed by atoms with Crippen molar-refractivity contribution in [2.24, 2.45) is 4.99 Å². The molecule has 3 nitrogen and oxygen atoms in total. The number of hydrogen-bond acceptors (Lipinski definition) is 4. The normalized spacial score (nSPS) is 21.4. The van der Waals surface area contributed by atoms with Crippen molar-refractivity contribution in [3.05, 3.63) is 39.8 Å². The Hall–Kier alpha value is -0.910. The number of hydrogen-bond donors (Lipinski definition) is 0. The van der Waals surface area contributed by atoms with Gasteiger partial charge in [-0.05, 0) is 35.5 Å². The van der Waals surface area contributed by atoms with Gasteiger partial charge in [-0.3, -0.25) is 4.79 Å². The molecule has 104 valence electrons. The Morgan fingerprint density at radius 2 is 1.90 bits per heavy atom. The van der Waals surface area contributed by atoms with Crippen LogP contribution in [0.2, 0.25) is 5.02 Å². The van der Waals surface area contributed by atoms with Crippen molar-refractivity contribution in [1.82, 2.24) is 4.90 Å². The Kier molecular flexibility index (Phi) is 4.38. The van der Waals surface area contributed by atoms with E-state index in [4.69, 9.17) is 11.6 Å². The third-order valence-electron chi connectivity index (χ3n) is 3.06. The van der Waals surface area contributed by atoms with Crippen LogP contribution >= 0.6 is 35.1 Å². The third kappa shape index (κ3) is 3.22. The number of halogens is 1. The van der Waals surface area contributed by atoms with Crippen molar-refractivity contribution in [3.63, 3.8) is 0 Å². The lowest BCUT2D eigenvalue weighted by Crippen LogP contribution is -2.35. The Labute approximate surface area is 131 Å². The van der Waals surface area contributed by atoms with Crippen LogP contribution in [0.25, 0.3) is 6.08 Å². The van der Waals surface area contributed by atoms with Gasteiger partial charge < -0.3 is 4.90 Å². The van der Waals surface area contributed by atoms with Crippen LogP contribution in [0.3, 0.4) is 0 Å². The third-order valence-corrected chi connectivity index (χ3v) is 5.30. The van der Waals surface area contributed by atoms with E-state index in [0.29, 0.717) is 9.93 Å². The Morgan fingerprint density at radius 3 is 2.60 bits per heavy atom. The van der Waals surface area contributed by atoms with Gasteiger partial charge in [0, 0.05) is 29.6 Å². The van der Waals surface area contributed by atoms with Crippen LogP contribution in [0.4, 0.5) is 0 Å². The van der Waals surface area contributed by atoms with E-state index in [1.54, 1.807) is 0 Å². The van der Waals surface area contributed by atoms with Crippen LogP contribution in [-0.4, -0.2) is 40.6 Å². The summed E-state index contributed by atoms with van der Waals surface area (Å²) in [6.45, 7) is 1.94. The molecule has 6 heteroatoms. The Bertz CT molecular complexity index is 577. The van der Waals surface area contributed by atoms with Crippen LogP contribution in [0, 0.1) is 0 Å². The summed E-state index contributed by atoms with van der Waals surface area (Å²) in [5.74, 6) is 2.06. The molecule has 2 aliphatic rings. The highest BCUT2D eigenvalue weighted by molar-refractivity contribution is 8.18. The van der Waals surface area contributed by atoms with Crippen molar-refractivity contribution < 1.29 is 4.79 Å². The molecule has 0 bridgehead atoms. The van der Waals surface area contributed by atoms with Crippen molar-refractivity contribution in [1.29, 1.82) is 0 Å². The monoisotopic (exact) mass is 324 g/mol. The van der Waals surface area contributed by atoms with Crippen molar-refractivity contribution in [2.45, 2.75) is 0 Å². The Morgan fingerprint density at radius 1 is 1.20 bits per heavy atom. The smallest absolute Gasteiger partial charge is 0.286 e. The van der Waals surface area contributed by atoms with Gasteiger partial charge in [0.1, 0.15) is 0 Å². The van der Waals surface area contributed by atoms with E-state index in [-0.39, 0.29) is 5.91 Å². The zero-order valence-electron chi connectivity index (χ0n) is 10.7. The van der Waals surface area contributed by atoms with E-state index in [2.05, 4.69) is 9.89 Å². The lowest BCUT2D eigenvalue weighted by molar-refractivity contribution is -0.113. The van der Waals surface area contributed by atoms with E-state index in [1.807, 2.05) is 42.1 Å². The van der Waals surface area contributed by atoms with Crippen LogP contribution in [0.1, 0.15) is 5.56 Å². The molecule has 0 N–H and O–H groups in total. The van der Waals surface area contributed by atoms with Crippen LogP contribution < -0.4 is 0 Å². The number of amidine groups is 1. The minimum absolute atomic E-state index is 0.141. The molecular weight excluding hydrogens is 312 g/mol. The van der Waals surface area contributed by atoms with Crippen molar-refractivity contribution in [3.8, 4) is 0 Å². The first kappa shape index (κ1) is 14.0. The van der Waals surface area contributed by atoms with E-state index in [0.717, 1.165) is 35.3 Å². The molecule has 0 aliphatic carbocycles. The fourth-order valence-corrected chi connectivity index (χ4v) is 3.99. The maximum absolute atomic E-state index is 12.0. The molecule has 1 saturated heterocycles. The summed E-state index contributed by atoms with van der Waals surface area (Å²) in [6.07, 6.45) is 1.87. The molecule has 0 aromatic heterocycles. The second-order valence-electron chi connectivity index (χ2n) is 4.46. The number of rotatable bonds is 1. The van der Waals surface area contributed by atoms with Gasteiger partial charge in [0.25, 0.3) is 5.91 Å². The predicted octanol–water partition coefficient (Wildman–Crippen LogP) is 3.36. The molecular formula is C14H13ClN2OS2. The lowest BCUT2D eigenvalue weighted by atomic mass is 10.2. The molecule has 1 amide bonds. The highest BCUT2D eigenvalue weighted by atomic mass is 35.5. The molecule has 2 aliphatic heterocycles. The summed E-state index contributed by atoms with van der Waals surface area (Å²) in [6, 6.07) is 7.45. The van der Waals surface area contributed by atoms with Crippen molar-refractivity contribution >= 4 is 52.3 Å². The topological polar surface area (TPSA) is 32.7 Å². The first-order chi connectivity index (χ1) is 9.72. The fraction of sp³-hybridized carbons (Fsp3) is 0.286. The Balaban J connectivity index is 1.74. The minimum atomic E-state index is -0.141. The van der Waals surface area contributed by atoms with Gasteiger partial charge in [0.05, 0.1) is 4.91 Å². The van der Waals surface area contributed by atoms with Gasteiger partial charge in [0.2, 0.25) is 0 Å². The molecule has 0 unspecified atom stereocenters. The second-order valence-corrected chi connectivity index (χ2v) is 7.13. The molecule has 0 saturated carbocycles. The quantitative estimate of drug-likeness (QED) is 0.742. The van der Waals surface area contributed by atoms with Crippen LogP contribution in [0.15, 0.2) is 34.2 Å². The average molecular weight is 325 g/mol. The minimum Gasteiger partial charge on any atom is -0.349 e. The van der Waals surface area contributed by atoms with E-state index >= 15 is 0 Å².